The molecule has 0 aliphatic carbocycles. The zero-order valence-electron chi connectivity index (χ0n) is 7.92. The number of aromatic nitrogens is 1. The number of rotatable bonds is 1. The van der Waals surface area contributed by atoms with E-state index in [2.05, 4.69) is 4.98 Å². The summed E-state index contributed by atoms with van der Waals surface area (Å²) in [4.78, 5) is 23.4. The molecule has 1 aromatic heterocycles. The summed E-state index contributed by atoms with van der Waals surface area (Å²) in [6.45, 7) is 5.56. The molecule has 0 radical (unpaired) electrons. The smallest absolute Gasteiger partial charge is 0.337 e. The third kappa shape index (κ3) is 3.11. The molecule has 1 heterocycles. The summed E-state index contributed by atoms with van der Waals surface area (Å²) in [7, 11) is 0. The Kier molecular flexibility index (Phi) is 4.51. The lowest BCUT2D eigenvalue weighted by Crippen LogP contribution is -2.11. The van der Waals surface area contributed by atoms with Gasteiger partial charge in [0, 0.05) is 11.8 Å². The molecule has 2 N–H and O–H groups in total. The lowest BCUT2D eigenvalue weighted by atomic mass is 10.2. The van der Waals surface area contributed by atoms with Crippen LogP contribution < -0.4 is 5.56 Å². The van der Waals surface area contributed by atoms with Crippen LogP contribution in [0, 0.1) is 6.92 Å². The highest BCUT2D eigenvalue weighted by Crippen LogP contribution is 1.95. The van der Waals surface area contributed by atoms with Gasteiger partial charge >= 0.3 is 5.97 Å². The predicted octanol–water partition coefficient (Wildman–Crippen LogP) is 1.41. The van der Waals surface area contributed by atoms with Gasteiger partial charge in [0.15, 0.2) is 0 Å². The van der Waals surface area contributed by atoms with Crippen LogP contribution in [0.4, 0.5) is 0 Å². The number of pyridine rings is 1. The van der Waals surface area contributed by atoms with Crippen molar-refractivity contribution in [2.75, 3.05) is 0 Å². The number of carboxylic acids is 1. The third-order valence-corrected chi connectivity index (χ3v) is 1.34. The normalized spacial score (nSPS) is 8.54. The van der Waals surface area contributed by atoms with E-state index in [0.29, 0.717) is 5.56 Å². The van der Waals surface area contributed by atoms with Crippen LogP contribution in [0.5, 0.6) is 0 Å². The Bertz CT molecular complexity index is 341. The Morgan fingerprint density at radius 1 is 1.46 bits per heavy atom. The molecule has 0 amide bonds. The maximum Gasteiger partial charge on any atom is 0.337 e. The first-order chi connectivity index (χ1) is 6.11. The first kappa shape index (κ1) is 11.4. The molecule has 0 aromatic carbocycles. The molecular formula is C9H13NO3. The Morgan fingerprint density at radius 2 is 2.00 bits per heavy atom. The van der Waals surface area contributed by atoms with Crippen LogP contribution in [0.2, 0.25) is 0 Å². The van der Waals surface area contributed by atoms with Crippen molar-refractivity contribution in [3.8, 4) is 0 Å². The van der Waals surface area contributed by atoms with Crippen LogP contribution in [0.25, 0.3) is 0 Å². The van der Waals surface area contributed by atoms with Gasteiger partial charge in [-0.25, -0.2) is 4.79 Å². The first-order valence-electron chi connectivity index (χ1n) is 4.04. The Balaban J connectivity index is 0.000000671. The van der Waals surface area contributed by atoms with Crippen LogP contribution >= 0.6 is 0 Å². The number of aryl methyl sites for hydroxylation is 1. The fourth-order valence-electron chi connectivity index (χ4n) is 0.721. The lowest BCUT2D eigenvalue weighted by molar-refractivity contribution is 0.0696. The Hall–Kier alpha value is -1.58. The summed E-state index contributed by atoms with van der Waals surface area (Å²) in [5.74, 6) is -1.04. The zero-order valence-corrected chi connectivity index (χ0v) is 7.92. The highest BCUT2D eigenvalue weighted by Gasteiger charge is 2.02. The topological polar surface area (TPSA) is 70.2 Å². The number of hydrogen-bond acceptors (Lipinski definition) is 2. The van der Waals surface area contributed by atoms with Gasteiger partial charge in [0.1, 0.15) is 0 Å². The van der Waals surface area contributed by atoms with Gasteiger partial charge in [0.05, 0.1) is 5.56 Å². The van der Waals surface area contributed by atoms with Crippen molar-refractivity contribution in [2.45, 2.75) is 20.8 Å². The molecule has 0 saturated heterocycles. The Morgan fingerprint density at radius 3 is 2.38 bits per heavy atom. The lowest BCUT2D eigenvalue weighted by Gasteiger charge is -1.93. The van der Waals surface area contributed by atoms with Crippen molar-refractivity contribution < 1.29 is 9.90 Å². The minimum atomic E-state index is -1.04. The summed E-state index contributed by atoms with van der Waals surface area (Å²) in [5.41, 5.74) is 0.252. The van der Waals surface area contributed by atoms with Gasteiger partial charge in [-0.3, -0.25) is 4.79 Å². The van der Waals surface area contributed by atoms with Crippen LogP contribution in [0.1, 0.15) is 29.8 Å². The average molecular weight is 183 g/mol. The number of nitrogens with one attached hydrogen (secondary N) is 1. The van der Waals surface area contributed by atoms with Gasteiger partial charge in [-0.15, -0.1) is 0 Å². The number of H-pyrrole nitrogens is 1. The minimum Gasteiger partial charge on any atom is -0.478 e. The van der Waals surface area contributed by atoms with Crippen LogP contribution in [0.15, 0.2) is 17.1 Å². The predicted molar refractivity (Wildman–Crippen MR) is 50.1 cm³/mol. The summed E-state index contributed by atoms with van der Waals surface area (Å²) >= 11 is 0. The van der Waals surface area contributed by atoms with Gasteiger partial charge in [0.2, 0.25) is 0 Å². The van der Waals surface area contributed by atoms with Gasteiger partial charge in [0.25, 0.3) is 5.56 Å². The fourth-order valence-corrected chi connectivity index (χ4v) is 0.721. The number of aromatic amines is 1. The molecule has 0 spiro atoms. The molecule has 0 aliphatic heterocycles. The van der Waals surface area contributed by atoms with Crippen LogP contribution in [-0.4, -0.2) is 16.1 Å². The van der Waals surface area contributed by atoms with Crippen molar-refractivity contribution in [1.29, 1.82) is 0 Å². The largest absolute Gasteiger partial charge is 0.478 e. The maximum absolute atomic E-state index is 10.7. The van der Waals surface area contributed by atoms with Gasteiger partial charge in [-0.1, -0.05) is 13.8 Å². The second-order valence-corrected chi connectivity index (χ2v) is 2.21. The third-order valence-electron chi connectivity index (χ3n) is 1.34. The molecule has 1 aromatic rings. The molecule has 1 rings (SSSR count). The summed E-state index contributed by atoms with van der Waals surface area (Å²) in [6.07, 6.45) is 1.18. The number of aromatic carboxylic acids is 1. The standard InChI is InChI=1S/C7H7NO3.C2H6/c1-4-2-5(7(10)11)3-8-6(4)9;1-2/h2-3H,1H3,(H,8,9)(H,10,11);1-2H3. The SMILES string of the molecule is CC.Cc1cc(C(=O)O)c[nH]c1=O. The molecule has 0 unspecified atom stereocenters. The van der Waals surface area contributed by atoms with Gasteiger partial charge < -0.3 is 10.1 Å². The van der Waals surface area contributed by atoms with Gasteiger partial charge in [-0.2, -0.15) is 0 Å². The van der Waals surface area contributed by atoms with E-state index >= 15 is 0 Å². The molecule has 0 aliphatic rings. The second kappa shape index (κ2) is 5.13. The zero-order chi connectivity index (χ0) is 10.4. The molecule has 13 heavy (non-hydrogen) atoms. The van der Waals surface area contributed by atoms with E-state index in [-0.39, 0.29) is 11.1 Å². The summed E-state index contributed by atoms with van der Waals surface area (Å²) in [6, 6.07) is 1.33. The average Bonchev–Trinajstić information content (AvgIpc) is 2.13. The molecular weight excluding hydrogens is 170 g/mol. The molecule has 0 saturated carbocycles. The summed E-state index contributed by atoms with van der Waals surface area (Å²) < 4.78 is 0. The molecule has 0 atom stereocenters. The van der Waals surface area contributed by atoms with Gasteiger partial charge in [-0.05, 0) is 13.0 Å². The molecule has 72 valence electrons. The van der Waals surface area contributed by atoms with Crippen LogP contribution in [0.3, 0.4) is 0 Å². The highest BCUT2D eigenvalue weighted by atomic mass is 16.4. The van der Waals surface area contributed by atoms with E-state index in [9.17, 15) is 9.59 Å². The molecule has 0 bridgehead atoms. The monoisotopic (exact) mass is 183 g/mol. The maximum atomic E-state index is 10.7. The summed E-state index contributed by atoms with van der Waals surface area (Å²) in [5, 5.41) is 8.48. The van der Waals surface area contributed by atoms with Crippen molar-refractivity contribution in [1.82, 2.24) is 4.98 Å². The molecule has 4 heteroatoms. The number of carbonyl (C=O) groups is 1. The number of hydrogen-bond donors (Lipinski definition) is 2. The fraction of sp³-hybridized carbons (Fsp3) is 0.333. The quantitative estimate of drug-likeness (QED) is 0.691. The van der Waals surface area contributed by atoms with Crippen molar-refractivity contribution >= 4 is 5.97 Å². The first-order valence-corrected chi connectivity index (χ1v) is 4.04. The van der Waals surface area contributed by atoms with Crippen molar-refractivity contribution in [3.63, 3.8) is 0 Å². The number of carboxylic acid groups (broad SMARTS) is 1. The minimum absolute atomic E-state index is 0.0992. The van der Waals surface area contributed by atoms with Crippen molar-refractivity contribution in [3.05, 3.63) is 33.7 Å². The van der Waals surface area contributed by atoms with Crippen molar-refractivity contribution in [2.24, 2.45) is 0 Å². The van der Waals surface area contributed by atoms with Crippen LogP contribution in [-0.2, 0) is 0 Å². The van der Waals surface area contributed by atoms with E-state index in [1.54, 1.807) is 6.92 Å². The molecule has 0 fully saturated rings. The second-order valence-electron chi connectivity index (χ2n) is 2.21. The van der Waals surface area contributed by atoms with E-state index in [4.69, 9.17) is 5.11 Å². The molecule has 4 nitrogen and oxygen atoms in total. The van der Waals surface area contributed by atoms with E-state index in [1.807, 2.05) is 13.8 Å². The van der Waals surface area contributed by atoms with E-state index in [1.165, 1.54) is 12.3 Å². The Labute approximate surface area is 76.2 Å². The highest BCUT2D eigenvalue weighted by molar-refractivity contribution is 5.87. The van der Waals surface area contributed by atoms with E-state index in [0.717, 1.165) is 0 Å². The van der Waals surface area contributed by atoms with E-state index < -0.39 is 5.97 Å².